The van der Waals surface area contributed by atoms with Crippen LogP contribution in [0.2, 0.25) is 0 Å². The average Bonchev–Trinajstić information content (AvgIpc) is 2.63. The van der Waals surface area contributed by atoms with Crippen molar-refractivity contribution in [3.63, 3.8) is 0 Å². The fourth-order valence-corrected chi connectivity index (χ4v) is 0.711. The predicted molar refractivity (Wildman–Crippen MR) is 129 cm³/mol. The number of nitrogens with one attached hydrogen (secondary N) is 1. The third kappa shape index (κ3) is 388. The Morgan fingerprint density at radius 3 is 1.16 bits per heavy atom. The molecule has 0 aliphatic rings. The third-order valence-corrected chi connectivity index (χ3v) is 1.42. The van der Waals surface area contributed by atoms with Gasteiger partial charge in [0.1, 0.15) is 0 Å². The van der Waals surface area contributed by atoms with Gasteiger partial charge in [0, 0.05) is 7.05 Å². The van der Waals surface area contributed by atoms with E-state index in [-0.39, 0.29) is 0 Å². The quantitative estimate of drug-likeness (QED) is 0.495. The van der Waals surface area contributed by atoms with Crippen molar-refractivity contribution in [3.8, 4) is 0 Å². The zero-order valence-corrected chi connectivity index (χ0v) is 21.0. The molecule has 0 aromatic rings. The molecule has 0 aliphatic heterocycles. The van der Waals surface area contributed by atoms with Gasteiger partial charge in [0.2, 0.25) is 0 Å². The van der Waals surface area contributed by atoms with E-state index >= 15 is 0 Å². The van der Waals surface area contributed by atoms with Crippen LogP contribution in [0.3, 0.4) is 0 Å². The van der Waals surface area contributed by atoms with Crippen LogP contribution < -0.4 is 5.32 Å². The summed E-state index contributed by atoms with van der Waals surface area (Å²) in [6.45, 7) is 22.4. The molecule has 0 bridgehead atoms. The summed E-state index contributed by atoms with van der Waals surface area (Å²) in [5.41, 5.74) is 0. The molecule has 0 unspecified atom stereocenters. The first-order valence-corrected chi connectivity index (χ1v) is 10.9. The van der Waals surface area contributed by atoms with E-state index in [0.717, 1.165) is 0 Å². The highest BCUT2D eigenvalue weighted by Gasteiger charge is 1.51. The second-order valence-corrected chi connectivity index (χ2v) is 4.36. The second kappa shape index (κ2) is 110. The van der Waals surface area contributed by atoms with Gasteiger partial charge in [-0.3, -0.25) is 0 Å². The number of rotatable bonds is 3. The molecule has 25 heavy (non-hydrogen) atoms. The Morgan fingerprint density at radius 2 is 1.16 bits per heavy atom. The Bertz CT molecular complexity index is 148. The molecule has 3 heteroatoms. The van der Waals surface area contributed by atoms with Crippen LogP contribution in [-0.2, 0) is 4.74 Å². The van der Waals surface area contributed by atoms with Crippen molar-refractivity contribution in [3.05, 3.63) is 36.1 Å². The van der Waals surface area contributed by atoms with E-state index in [9.17, 15) is 0 Å². The molecule has 1 N–H and O–H groups in total. The van der Waals surface area contributed by atoms with Gasteiger partial charge in [-0.05, 0) is 38.6 Å². The maximum absolute atomic E-state index is 4.51. The molecular formula is C22H53NOS. The normalized spacial score (nSPS) is 7.60. The number of thioether (sulfide) groups is 1. The Morgan fingerprint density at radius 1 is 0.800 bits per heavy atom. The fraction of sp³-hybridized carbons (Fsp3) is 0.727. The molecular weight excluding hydrogens is 326 g/mol. The molecule has 0 saturated heterocycles. The van der Waals surface area contributed by atoms with E-state index in [1.165, 1.54) is 12.8 Å². The molecule has 0 atom stereocenters. The molecule has 0 heterocycles. The Hall–Kier alpha value is -0.830. The van der Waals surface area contributed by atoms with Crippen molar-refractivity contribution in [1.82, 2.24) is 5.32 Å². The fourth-order valence-electron chi connectivity index (χ4n) is 0.439. The van der Waals surface area contributed by atoms with Crippen LogP contribution in [0.15, 0.2) is 36.1 Å². The number of allylic oxidation sites excluding steroid dienone is 3. The highest BCUT2D eigenvalue weighted by molar-refractivity contribution is 8.01. The first kappa shape index (κ1) is 44.0. The molecule has 0 aromatic heterocycles. The summed E-state index contributed by atoms with van der Waals surface area (Å²) in [5.74, 6) is 0. The lowest BCUT2D eigenvalue weighted by atomic mass is 10.6. The van der Waals surface area contributed by atoms with Crippen molar-refractivity contribution in [2.24, 2.45) is 0 Å². The summed E-state index contributed by atoms with van der Waals surface area (Å²) in [5, 5.41) is 4.88. The van der Waals surface area contributed by atoms with Gasteiger partial charge in [-0.15, -0.1) is 11.8 Å². The van der Waals surface area contributed by atoms with E-state index in [2.05, 4.69) is 37.7 Å². The lowest BCUT2D eigenvalue weighted by molar-refractivity contribution is 0.337. The molecule has 0 aromatic carbocycles. The molecule has 0 amide bonds. The summed E-state index contributed by atoms with van der Waals surface area (Å²) in [4.78, 5) is 0. The smallest absolute Gasteiger partial charge is 0.0781 e. The summed E-state index contributed by atoms with van der Waals surface area (Å²) in [6, 6.07) is 0. The van der Waals surface area contributed by atoms with Gasteiger partial charge in [0.25, 0.3) is 0 Å². The topological polar surface area (TPSA) is 21.3 Å². The number of methoxy groups -OCH3 is 1. The lowest BCUT2D eigenvalue weighted by Gasteiger charge is -1.76. The Labute approximate surface area is 167 Å². The first-order chi connectivity index (χ1) is 12.1. The van der Waals surface area contributed by atoms with Gasteiger partial charge < -0.3 is 10.1 Å². The van der Waals surface area contributed by atoms with Crippen molar-refractivity contribution in [2.45, 2.75) is 89.0 Å². The van der Waals surface area contributed by atoms with E-state index in [1.54, 1.807) is 25.1 Å². The van der Waals surface area contributed by atoms with Crippen LogP contribution in [-0.4, -0.2) is 20.4 Å². The maximum atomic E-state index is 4.51. The predicted octanol–water partition coefficient (Wildman–Crippen LogP) is 8.67. The van der Waals surface area contributed by atoms with Crippen molar-refractivity contribution >= 4 is 11.8 Å². The Balaban J connectivity index is -0.0000000313. The number of ether oxygens (including phenoxy) is 1. The van der Waals surface area contributed by atoms with Crippen LogP contribution in [0.1, 0.15) is 89.0 Å². The van der Waals surface area contributed by atoms with Crippen molar-refractivity contribution in [2.75, 3.05) is 20.4 Å². The van der Waals surface area contributed by atoms with Crippen molar-refractivity contribution in [1.29, 1.82) is 0 Å². The summed E-state index contributed by atoms with van der Waals surface area (Å²) in [7, 11) is 3.50. The minimum atomic E-state index is 1.25. The van der Waals surface area contributed by atoms with E-state index in [0.29, 0.717) is 0 Å². The number of hydrogen-bond donors (Lipinski definition) is 1. The van der Waals surface area contributed by atoms with Gasteiger partial charge in [-0.1, -0.05) is 86.5 Å². The van der Waals surface area contributed by atoms with E-state index in [4.69, 9.17) is 0 Å². The third-order valence-electron chi connectivity index (χ3n) is 0.878. The summed E-state index contributed by atoms with van der Waals surface area (Å²) in [6.07, 6.45) is 13.8. The van der Waals surface area contributed by atoms with Crippen LogP contribution in [0.25, 0.3) is 0 Å². The van der Waals surface area contributed by atoms with Crippen LogP contribution in [0.5, 0.6) is 0 Å². The minimum absolute atomic E-state index is 1.25. The maximum Gasteiger partial charge on any atom is 0.0781 e. The van der Waals surface area contributed by atoms with Crippen LogP contribution >= 0.6 is 11.8 Å². The average molecular weight is 380 g/mol. The molecule has 0 aliphatic carbocycles. The van der Waals surface area contributed by atoms with E-state index < -0.39 is 0 Å². The van der Waals surface area contributed by atoms with Gasteiger partial charge in [0.15, 0.2) is 0 Å². The first-order valence-electron chi connectivity index (χ1n) is 9.64. The molecule has 0 radical (unpaired) electrons. The van der Waals surface area contributed by atoms with E-state index in [1.807, 2.05) is 91.6 Å². The lowest BCUT2D eigenvalue weighted by Crippen LogP contribution is -1.89. The van der Waals surface area contributed by atoms with Gasteiger partial charge >= 0.3 is 0 Å². The molecule has 2 nitrogen and oxygen atoms in total. The molecule has 0 spiro atoms. The van der Waals surface area contributed by atoms with Crippen molar-refractivity contribution < 1.29 is 4.74 Å². The second-order valence-electron chi connectivity index (χ2n) is 3.61. The number of hydrogen-bond acceptors (Lipinski definition) is 3. The highest BCUT2D eigenvalue weighted by Crippen LogP contribution is 1.89. The largest absolute Gasteiger partial charge is 0.505 e. The summed E-state index contributed by atoms with van der Waals surface area (Å²) >= 11 is 1.72. The molecule has 0 fully saturated rings. The van der Waals surface area contributed by atoms with Gasteiger partial charge in [-0.2, -0.15) is 0 Å². The zero-order chi connectivity index (χ0) is 21.8. The molecule has 158 valence electrons. The zero-order valence-electron chi connectivity index (χ0n) is 20.2. The van der Waals surface area contributed by atoms with Crippen LogP contribution in [0, 0.1) is 0 Å². The van der Waals surface area contributed by atoms with Gasteiger partial charge in [0.05, 0.1) is 13.4 Å². The van der Waals surface area contributed by atoms with Gasteiger partial charge in [-0.25, -0.2) is 0 Å². The standard InChI is InChI=1S/C4H9N.C4H8O.C4H8S.2C3H8.2C2H6/c3*1-3-4-5-2;2*1-3-2;2*1-2/h3-5H,1-2H3;2*3-4H,1-2H3;2*3H2,1-2H3;2*1-2H3/b3*4-3-;;;;. The molecule has 0 saturated carbocycles. The minimum Gasteiger partial charge on any atom is -0.505 e. The Kier molecular flexibility index (Phi) is 194. The highest BCUT2D eigenvalue weighted by atomic mass is 32.2. The SMILES string of the molecule is C/C=C\NC.C/C=C\OC.C/C=C\SC.CC.CC.CCC.CCC. The van der Waals surface area contributed by atoms with Crippen LogP contribution in [0.4, 0.5) is 0 Å². The molecule has 0 rings (SSSR count). The monoisotopic (exact) mass is 379 g/mol. The summed E-state index contributed by atoms with van der Waals surface area (Å²) < 4.78 is 4.51.